The fraction of sp³-hybridized carbons (Fsp3) is 0.143. The summed E-state index contributed by atoms with van der Waals surface area (Å²) in [6.07, 6.45) is 7.11. The van der Waals surface area contributed by atoms with Crippen LogP contribution in [0.2, 0.25) is 0 Å². The summed E-state index contributed by atoms with van der Waals surface area (Å²) in [7, 11) is 0. The lowest BCUT2D eigenvalue weighted by Gasteiger charge is -2.02. The Morgan fingerprint density at radius 3 is 2.87 bits per heavy atom. The lowest BCUT2D eigenvalue weighted by Crippen LogP contribution is -1.88. The molecule has 0 aromatic heterocycles. The van der Waals surface area contributed by atoms with Crippen LogP contribution in [0.25, 0.3) is 5.57 Å². The summed E-state index contributed by atoms with van der Waals surface area (Å²) in [6.45, 7) is 5.90. The molecule has 1 aromatic rings. The molecule has 0 fully saturated rings. The van der Waals surface area contributed by atoms with E-state index in [2.05, 4.69) is 24.8 Å². The van der Waals surface area contributed by atoms with Gasteiger partial charge in [-0.05, 0) is 47.8 Å². The van der Waals surface area contributed by atoms with Gasteiger partial charge in [-0.15, -0.1) is 0 Å². The highest BCUT2D eigenvalue weighted by molar-refractivity contribution is 5.85. The Labute approximate surface area is 90.6 Å². The minimum Gasteiger partial charge on any atom is -0.399 e. The van der Waals surface area contributed by atoms with E-state index in [1.54, 1.807) is 0 Å². The highest BCUT2D eigenvalue weighted by Gasteiger charge is 2.17. The molecule has 1 heteroatoms. The van der Waals surface area contributed by atoms with Crippen molar-refractivity contribution in [1.82, 2.24) is 0 Å². The molecule has 0 saturated carbocycles. The van der Waals surface area contributed by atoms with Crippen molar-refractivity contribution in [3.8, 4) is 0 Å². The minimum atomic E-state index is 0.815. The Balaban J connectivity index is 2.56. The monoisotopic (exact) mass is 197 g/mol. The fourth-order valence-corrected chi connectivity index (χ4v) is 2.06. The second kappa shape index (κ2) is 3.77. The Bertz CT molecular complexity index is 464. The van der Waals surface area contributed by atoms with Crippen molar-refractivity contribution in [2.45, 2.75) is 13.3 Å². The first-order chi connectivity index (χ1) is 7.26. The van der Waals surface area contributed by atoms with Crippen molar-refractivity contribution in [2.24, 2.45) is 0 Å². The lowest BCUT2D eigenvalue weighted by molar-refractivity contribution is 1.24. The molecule has 1 aliphatic rings. The number of nitrogens with two attached hydrogens (primary N) is 1. The average molecular weight is 197 g/mol. The van der Waals surface area contributed by atoms with Crippen LogP contribution in [-0.2, 0) is 6.42 Å². The van der Waals surface area contributed by atoms with Gasteiger partial charge in [0.05, 0.1) is 0 Å². The van der Waals surface area contributed by atoms with Crippen molar-refractivity contribution in [2.75, 3.05) is 5.73 Å². The Kier molecular flexibility index (Phi) is 2.46. The second-order valence-corrected chi connectivity index (χ2v) is 3.74. The van der Waals surface area contributed by atoms with E-state index in [4.69, 9.17) is 5.73 Å². The van der Waals surface area contributed by atoms with E-state index < -0.39 is 0 Å². The topological polar surface area (TPSA) is 26.0 Å². The highest BCUT2D eigenvalue weighted by Crippen LogP contribution is 2.35. The summed E-state index contributed by atoms with van der Waals surface area (Å²) >= 11 is 0. The molecule has 1 aromatic carbocycles. The Morgan fingerprint density at radius 1 is 1.40 bits per heavy atom. The van der Waals surface area contributed by atoms with Crippen LogP contribution in [0, 0.1) is 0 Å². The summed E-state index contributed by atoms with van der Waals surface area (Å²) in [5.74, 6) is 0. The molecule has 76 valence electrons. The van der Waals surface area contributed by atoms with Gasteiger partial charge in [-0.3, -0.25) is 0 Å². The van der Waals surface area contributed by atoms with E-state index in [9.17, 15) is 0 Å². The number of hydrogen-bond donors (Lipinski definition) is 1. The molecule has 0 bridgehead atoms. The van der Waals surface area contributed by atoms with Crippen LogP contribution < -0.4 is 5.73 Å². The Morgan fingerprint density at radius 2 is 2.20 bits per heavy atom. The van der Waals surface area contributed by atoms with E-state index in [1.165, 1.54) is 22.3 Å². The molecule has 0 saturated heterocycles. The van der Waals surface area contributed by atoms with Crippen LogP contribution in [0.1, 0.15) is 18.1 Å². The third kappa shape index (κ3) is 1.61. The molecule has 0 spiro atoms. The Hall–Kier alpha value is -1.76. The van der Waals surface area contributed by atoms with Gasteiger partial charge in [0.15, 0.2) is 0 Å². The first-order valence-electron chi connectivity index (χ1n) is 5.13. The number of nitrogen functional groups attached to an aromatic ring is 1. The maximum absolute atomic E-state index is 5.79. The predicted molar refractivity (Wildman–Crippen MR) is 66.5 cm³/mol. The minimum absolute atomic E-state index is 0.815. The molecule has 0 amide bonds. The van der Waals surface area contributed by atoms with Gasteiger partial charge in [-0.2, -0.15) is 0 Å². The number of anilines is 1. The van der Waals surface area contributed by atoms with Crippen molar-refractivity contribution < 1.29 is 0 Å². The fourth-order valence-electron chi connectivity index (χ4n) is 2.06. The van der Waals surface area contributed by atoms with E-state index in [1.807, 2.05) is 25.1 Å². The van der Waals surface area contributed by atoms with Crippen molar-refractivity contribution in [3.05, 3.63) is 59.7 Å². The van der Waals surface area contributed by atoms with Gasteiger partial charge in [0.2, 0.25) is 0 Å². The van der Waals surface area contributed by atoms with E-state index in [0.29, 0.717) is 0 Å². The summed E-state index contributed by atoms with van der Waals surface area (Å²) in [4.78, 5) is 0. The van der Waals surface area contributed by atoms with Gasteiger partial charge in [-0.1, -0.05) is 30.9 Å². The maximum Gasteiger partial charge on any atom is 0.0320 e. The molecular weight excluding hydrogens is 182 g/mol. The molecule has 1 aliphatic carbocycles. The number of rotatable bonds is 2. The van der Waals surface area contributed by atoms with E-state index in [-0.39, 0.29) is 0 Å². The molecule has 0 atom stereocenters. The quantitative estimate of drug-likeness (QED) is 0.723. The van der Waals surface area contributed by atoms with E-state index in [0.717, 1.165) is 12.1 Å². The first-order valence-corrected chi connectivity index (χ1v) is 5.13. The van der Waals surface area contributed by atoms with E-state index >= 15 is 0 Å². The third-order valence-corrected chi connectivity index (χ3v) is 2.72. The average Bonchev–Trinajstić information content (AvgIpc) is 2.55. The molecule has 0 aliphatic heterocycles. The van der Waals surface area contributed by atoms with Crippen molar-refractivity contribution >= 4 is 11.3 Å². The van der Waals surface area contributed by atoms with Crippen molar-refractivity contribution in [3.63, 3.8) is 0 Å². The largest absolute Gasteiger partial charge is 0.399 e. The van der Waals surface area contributed by atoms with Crippen LogP contribution in [0.4, 0.5) is 5.69 Å². The normalized spacial score (nSPS) is 14.7. The molecular formula is C14H15N. The van der Waals surface area contributed by atoms with Gasteiger partial charge in [0.25, 0.3) is 0 Å². The standard InChI is InChI=1S/C14H15N/c1-3-5-10-8-11-6-7-12(15)9-14(11)13(10)4-2/h3-7,9H,2,8,15H2,1H3/b5-3-. The van der Waals surface area contributed by atoms with Crippen LogP contribution >= 0.6 is 0 Å². The van der Waals surface area contributed by atoms with Crippen LogP contribution in [0.15, 0.2) is 48.6 Å². The molecule has 0 radical (unpaired) electrons. The van der Waals surface area contributed by atoms with Gasteiger partial charge in [0, 0.05) is 5.69 Å². The molecule has 2 N–H and O–H groups in total. The van der Waals surface area contributed by atoms with Gasteiger partial charge in [0.1, 0.15) is 0 Å². The number of hydrogen-bond acceptors (Lipinski definition) is 1. The van der Waals surface area contributed by atoms with Crippen LogP contribution in [0.5, 0.6) is 0 Å². The molecule has 0 heterocycles. The van der Waals surface area contributed by atoms with Gasteiger partial charge < -0.3 is 5.73 Å². The lowest BCUT2D eigenvalue weighted by atomic mass is 10.0. The molecule has 0 unspecified atom stereocenters. The zero-order valence-electron chi connectivity index (χ0n) is 8.96. The summed E-state index contributed by atoms with van der Waals surface area (Å²) in [5, 5.41) is 0. The predicted octanol–water partition coefficient (Wildman–Crippen LogP) is 3.34. The van der Waals surface area contributed by atoms with Gasteiger partial charge in [-0.25, -0.2) is 0 Å². The summed E-state index contributed by atoms with van der Waals surface area (Å²) < 4.78 is 0. The summed E-state index contributed by atoms with van der Waals surface area (Å²) in [6, 6.07) is 6.09. The third-order valence-electron chi connectivity index (χ3n) is 2.72. The zero-order valence-corrected chi connectivity index (χ0v) is 8.96. The second-order valence-electron chi connectivity index (χ2n) is 3.74. The van der Waals surface area contributed by atoms with Crippen molar-refractivity contribution in [1.29, 1.82) is 0 Å². The summed E-state index contributed by atoms with van der Waals surface area (Å²) in [5.41, 5.74) is 11.7. The zero-order chi connectivity index (χ0) is 10.8. The first kappa shape index (κ1) is 9.78. The SMILES string of the molecule is C=CC1=C(/C=C\C)Cc2ccc(N)cc21. The van der Waals surface area contributed by atoms with Crippen LogP contribution in [-0.4, -0.2) is 0 Å². The van der Waals surface area contributed by atoms with Gasteiger partial charge >= 0.3 is 0 Å². The smallest absolute Gasteiger partial charge is 0.0320 e. The maximum atomic E-state index is 5.79. The highest BCUT2D eigenvalue weighted by atomic mass is 14.5. The number of benzene rings is 1. The molecule has 15 heavy (non-hydrogen) atoms. The van der Waals surface area contributed by atoms with Crippen LogP contribution in [0.3, 0.4) is 0 Å². The molecule has 2 rings (SSSR count). The number of fused-ring (bicyclic) bond motifs is 1. The molecule has 1 nitrogen and oxygen atoms in total. The number of allylic oxidation sites excluding steroid dienone is 5.